The molecule has 6 heteroatoms. The van der Waals surface area contributed by atoms with Crippen LogP contribution in [0.25, 0.3) is 0 Å². The van der Waals surface area contributed by atoms with Gasteiger partial charge < -0.3 is 14.2 Å². The van der Waals surface area contributed by atoms with E-state index in [-0.39, 0.29) is 19.0 Å². The maximum Gasteiger partial charge on any atom is 0.310 e. The van der Waals surface area contributed by atoms with Gasteiger partial charge in [-0.1, -0.05) is 23.7 Å². The summed E-state index contributed by atoms with van der Waals surface area (Å²) in [5.41, 5.74) is 1.61. The van der Waals surface area contributed by atoms with E-state index in [1.807, 2.05) is 6.07 Å². The van der Waals surface area contributed by atoms with Crippen LogP contribution >= 0.6 is 11.6 Å². The highest BCUT2D eigenvalue weighted by Gasteiger charge is 2.13. The van der Waals surface area contributed by atoms with Crippen LogP contribution in [0.15, 0.2) is 36.5 Å². The number of hydrogen-bond donors (Lipinski definition) is 0. The Balaban J connectivity index is 1.56. The van der Waals surface area contributed by atoms with Crippen molar-refractivity contribution >= 4 is 17.6 Å². The first-order chi connectivity index (χ1) is 10.7. The van der Waals surface area contributed by atoms with Crippen molar-refractivity contribution in [3.63, 3.8) is 0 Å². The number of carbonyl (C=O) groups is 1. The van der Waals surface area contributed by atoms with Crippen molar-refractivity contribution in [3.05, 3.63) is 52.8 Å². The van der Waals surface area contributed by atoms with Crippen molar-refractivity contribution in [3.8, 4) is 11.5 Å². The van der Waals surface area contributed by atoms with Gasteiger partial charge in [-0.15, -0.1) is 0 Å². The van der Waals surface area contributed by atoms with E-state index in [9.17, 15) is 4.79 Å². The molecule has 5 nitrogen and oxygen atoms in total. The monoisotopic (exact) mass is 319 g/mol. The van der Waals surface area contributed by atoms with E-state index < -0.39 is 0 Å². The average Bonchev–Trinajstić information content (AvgIpc) is 2.54. The Morgan fingerprint density at radius 3 is 2.68 bits per heavy atom. The molecule has 3 rings (SSSR count). The molecule has 0 saturated carbocycles. The van der Waals surface area contributed by atoms with Crippen LogP contribution in [0.4, 0.5) is 0 Å². The number of rotatable bonds is 4. The molecule has 0 bridgehead atoms. The zero-order chi connectivity index (χ0) is 15.4. The lowest BCUT2D eigenvalue weighted by molar-refractivity contribution is -0.144. The van der Waals surface area contributed by atoms with Gasteiger partial charge in [0.1, 0.15) is 25.0 Å². The summed E-state index contributed by atoms with van der Waals surface area (Å²) >= 11 is 5.70. The highest BCUT2D eigenvalue weighted by molar-refractivity contribution is 6.29. The number of nitrogens with zero attached hydrogens (tertiary/aromatic N) is 1. The molecule has 0 unspecified atom stereocenters. The largest absolute Gasteiger partial charge is 0.486 e. The Hall–Kier alpha value is -2.27. The third kappa shape index (κ3) is 3.68. The van der Waals surface area contributed by atoms with Crippen LogP contribution < -0.4 is 9.47 Å². The summed E-state index contributed by atoms with van der Waals surface area (Å²) in [7, 11) is 0. The molecule has 0 saturated heterocycles. The van der Waals surface area contributed by atoms with E-state index in [1.165, 1.54) is 0 Å². The topological polar surface area (TPSA) is 57.7 Å². The summed E-state index contributed by atoms with van der Waals surface area (Å²) < 4.78 is 16.1. The Kier molecular flexibility index (Phi) is 4.44. The van der Waals surface area contributed by atoms with Gasteiger partial charge in [-0.3, -0.25) is 4.79 Å². The summed E-state index contributed by atoms with van der Waals surface area (Å²) in [6.07, 6.45) is 1.76. The van der Waals surface area contributed by atoms with Crippen LogP contribution in [0.2, 0.25) is 5.15 Å². The quantitative estimate of drug-likeness (QED) is 0.640. The number of aromatic nitrogens is 1. The maximum absolute atomic E-state index is 11.9. The second kappa shape index (κ2) is 6.66. The van der Waals surface area contributed by atoms with E-state index in [2.05, 4.69) is 4.98 Å². The fraction of sp³-hybridized carbons (Fsp3) is 0.250. The molecule has 2 heterocycles. The van der Waals surface area contributed by atoms with Gasteiger partial charge in [0.25, 0.3) is 0 Å². The summed E-state index contributed by atoms with van der Waals surface area (Å²) in [6, 6.07) is 8.87. The summed E-state index contributed by atoms with van der Waals surface area (Å²) in [6.45, 7) is 1.24. The lowest BCUT2D eigenvalue weighted by Crippen LogP contribution is -2.16. The van der Waals surface area contributed by atoms with Gasteiger partial charge in [-0.2, -0.15) is 0 Å². The molecule has 0 radical (unpaired) electrons. The number of halogens is 1. The molecule has 2 aromatic rings. The van der Waals surface area contributed by atoms with E-state index in [0.29, 0.717) is 29.9 Å². The van der Waals surface area contributed by atoms with Crippen LogP contribution in [0.5, 0.6) is 11.5 Å². The lowest BCUT2D eigenvalue weighted by atomic mass is 10.1. The molecule has 0 amide bonds. The van der Waals surface area contributed by atoms with Gasteiger partial charge in [-0.05, 0) is 23.8 Å². The summed E-state index contributed by atoms with van der Waals surface area (Å²) in [5.74, 6) is 1.06. The number of esters is 1. The highest BCUT2D eigenvalue weighted by Crippen LogP contribution is 2.30. The number of pyridine rings is 1. The van der Waals surface area contributed by atoms with Crippen molar-refractivity contribution in [2.24, 2.45) is 0 Å². The second-order valence-corrected chi connectivity index (χ2v) is 5.19. The predicted octanol–water partition coefficient (Wildman–Crippen LogP) is 2.79. The van der Waals surface area contributed by atoms with Crippen molar-refractivity contribution in [2.45, 2.75) is 13.0 Å². The molecule has 1 aromatic carbocycles. The van der Waals surface area contributed by atoms with Crippen molar-refractivity contribution in [2.75, 3.05) is 13.2 Å². The zero-order valence-electron chi connectivity index (χ0n) is 11.8. The van der Waals surface area contributed by atoms with Gasteiger partial charge in [0.05, 0.1) is 6.42 Å². The van der Waals surface area contributed by atoms with E-state index in [4.69, 9.17) is 25.8 Å². The van der Waals surface area contributed by atoms with Gasteiger partial charge in [-0.25, -0.2) is 4.98 Å². The first-order valence-electron chi connectivity index (χ1n) is 6.85. The molecule has 1 aliphatic heterocycles. The van der Waals surface area contributed by atoms with Gasteiger partial charge in [0.2, 0.25) is 0 Å². The Morgan fingerprint density at radius 1 is 1.14 bits per heavy atom. The van der Waals surface area contributed by atoms with Crippen molar-refractivity contribution < 1.29 is 19.0 Å². The third-order valence-electron chi connectivity index (χ3n) is 3.14. The Morgan fingerprint density at radius 2 is 1.91 bits per heavy atom. The van der Waals surface area contributed by atoms with Crippen molar-refractivity contribution in [1.29, 1.82) is 0 Å². The molecule has 0 fully saturated rings. The minimum atomic E-state index is -0.313. The number of carbonyl (C=O) groups excluding carboxylic acids is 1. The molecule has 0 N–H and O–H groups in total. The molecule has 0 spiro atoms. The molecule has 1 aromatic heterocycles. The van der Waals surface area contributed by atoms with Gasteiger partial charge in [0.15, 0.2) is 11.5 Å². The van der Waals surface area contributed by atoms with E-state index in [0.717, 1.165) is 11.1 Å². The van der Waals surface area contributed by atoms with Crippen LogP contribution in [0.3, 0.4) is 0 Å². The Labute approximate surface area is 132 Å². The van der Waals surface area contributed by atoms with E-state index >= 15 is 0 Å². The predicted molar refractivity (Wildman–Crippen MR) is 80.2 cm³/mol. The molecular formula is C16H14ClNO4. The summed E-state index contributed by atoms with van der Waals surface area (Å²) in [4.78, 5) is 15.8. The molecule has 0 aliphatic carbocycles. The minimum Gasteiger partial charge on any atom is -0.486 e. The fourth-order valence-corrected chi connectivity index (χ4v) is 2.18. The zero-order valence-corrected chi connectivity index (χ0v) is 12.5. The van der Waals surface area contributed by atoms with Crippen LogP contribution in [0.1, 0.15) is 11.1 Å². The Bertz CT molecular complexity index is 672. The standard InChI is InChI=1S/C16H14ClNO4/c17-15-4-2-12(9-18-15)10-22-16(19)8-11-1-3-13-14(7-11)21-6-5-20-13/h1-4,7,9H,5-6,8,10H2. The van der Waals surface area contributed by atoms with Gasteiger partial charge in [0, 0.05) is 11.8 Å². The fourth-order valence-electron chi connectivity index (χ4n) is 2.07. The highest BCUT2D eigenvalue weighted by atomic mass is 35.5. The number of benzene rings is 1. The first kappa shape index (κ1) is 14.7. The number of fused-ring (bicyclic) bond motifs is 1. The lowest BCUT2D eigenvalue weighted by Gasteiger charge is -2.18. The first-order valence-corrected chi connectivity index (χ1v) is 7.23. The third-order valence-corrected chi connectivity index (χ3v) is 3.37. The molecule has 1 aliphatic rings. The van der Waals surface area contributed by atoms with Crippen molar-refractivity contribution in [1.82, 2.24) is 4.98 Å². The minimum absolute atomic E-state index is 0.174. The molecular weight excluding hydrogens is 306 g/mol. The molecule has 114 valence electrons. The average molecular weight is 320 g/mol. The van der Waals surface area contributed by atoms with Gasteiger partial charge >= 0.3 is 5.97 Å². The maximum atomic E-state index is 11.9. The number of hydrogen-bond acceptors (Lipinski definition) is 5. The van der Waals surface area contributed by atoms with Crippen LogP contribution in [-0.4, -0.2) is 24.2 Å². The summed E-state index contributed by atoms with van der Waals surface area (Å²) in [5, 5.41) is 0.409. The second-order valence-electron chi connectivity index (χ2n) is 4.80. The molecule has 0 atom stereocenters. The van der Waals surface area contributed by atoms with Crippen LogP contribution in [-0.2, 0) is 22.6 Å². The SMILES string of the molecule is O=C(Cc1ccc2c(c1)OCCO2)OCc1ccc(Cl)nc1. The molecule has 22 heavy (non-hydrogen) atoms. The van der Waals surface area contributed by atoms with Crippen LogP contribution in [0, 0.1) is 0 Å². The van der Waals surface area contributed by atoms with E-state index in [1.54, 1.807) is 30.5 Å². The smallest absolute Gasteiger partial charge is 0.310 e. The normalized spacial score (nSPS) is 12.8. The number of ether oxygens (including phenoxy) is 3.